The fourth-order valence-corrected chi connectivity index (χ4v) is 2.54. The van der Waals surface area contributed by atoms with Crippen molar-refractivity contribution in [2.24, 2.45) is 0 Å². The van der Waals surface area contributed by atoms with Gasteiger partial charge in [0.15, 0.2) is 0 Å². The van der Waals surface area contributed by atoms with E-state index in [-0.39, 0.29) is 0 Å². The predicted octanol–water partition coefficient (Wildman–Crippen LogP) is 2.40. The zero-order valence-corrected chi connectivity index (χ0v) is 11.0. The molecule has 2 aliphatic heterocycles. The second-order valence-electron chi connectivity index (χ2n) is 5.60. The molecule has 2 unspecified atom stereocenters. The summed E-state index contributed by atoms with van der Waals surface area (Å²) in [5, 5.41) is 10.1. The van der Waals surface area contributed by atoms with Gasteiger partial charge in [0, 0.05) is 18.4 Å². The number of aromatic hydroxyl groups is 1. The minimum absolute atomic E-state index is 0.303. The van der Waals surface area contributed by atoms with Crippen molar-refractivity contribution in [3.63, 3.8) is 0 Å². The average Bonchev–Trinajstić information content (AvgIpc) is 3.18. The summed E-state index contributed by atoms with van der Waals surface area (Å²) in [6, 6.07) is 3.87. The molecule has 0 bridgehead atoms. The minimum atomic E-state index is 0.303. The first-order chi connectivity index (χ1) is 8.65. The zero-order chi connectivity index (χ0) is 12.7. The van der Waals surface area contributed by atoms with Crippen molar-refractivity contribution in [3.8, 4) is 5.75 Å². The normalized spacial score (nSPS) is 25.5. The van der Waals surface area contributed by atoms with Gasteiger partial charge < -0.3 is 14.6 Å². The average molecular weight is 248 g/mol. The summed E-state index contributed by atoms with van der Waals surface area (Å²) < 4.78 is 10.7. The number of epoxide rings is 2. The van der Waals surface area contributed by atoms with Crippen LogP contribution in [0.3, 0.4) is 0 Å². The predicted molar refractivity (Wildman–Crippen MR) is 69.1 cm³/mol. The van der Waals surface area contributed by atoms with Crippen LogP contribution in [-0.4, -0.2) is 30.5 Å². The van der Waals surface area contributed by atoms with Crippen LogP contribution in [0.5, 0.6) is 5.75 Å². The Bertz CT molecular complexity index is 445. The fourth-order valence-electron chi connectivity index (χ4n) is 2.54. The Morgan fingerprint density at radius 2 is 1.67 bits per heavy atom. The van der Waals surface area contributed by atoms with Gasteiger partial charge in [-0.25, -0.2) is 0 Å². The smallest absolute Gasteiger partial charge is 0.119 e. The topological polar surface area (TPSA) is 45.3 Å². The Morgan fingerprint density at radius 3 is 2.17 bits per heavy atom. The summed E-state index contributed by atoms with van der Waals surface area (Å²) in [5.74, 6) is 0.878. The van der Waals surface area contributed by atoms with Crippen molar-refractivity contribution in [1.29, 1.82) is 0 Å². The first-order valence-corrected chi connectivity index (χ1v) is 6.72. The number of phenols is 1. The number of hydrogen-bond donors (Lipinski definition) is 1. The number of rotatable bonds is 5. The second-order valence-corrected chi connectivity index (χ2v) is 5.60. The highest BCUT2D eigenvalue weighted by Crippen LogP contribution is 2.34. The molecule has 3 nitrogen and oxygen atoms in total. The first kappa shape index (κ1) is 12.0. The molecule has 3 rings (SSSR count). The lowest BCUT2D eigenvalue weighted by atomic mass is 9.88. The molecule has 1 N–H and O–H groups in total. The van der Waals surface area contributed by atoms with Gasteiger partial charge in [0.25, 0.3) is 0 Å². The van der Waals surface area contributed by atoms with E-state index in [1.165, 1.54) is 11.1 Å². The van der Waals surface area contributed by atoms with Gasteiger partial charge in [-0.3, -0.25) is 0 Å². The Kier molecular flexibility index (Phi) is 3.04. The molecule has 0 radical (unpaired) electrons. The second kappa shape index (κ2) is 4.56. The Balaban J connectivity index is 1.97. The standard InChI is InChI=1S/C15H20O3/c1-9(2)12-3-4-15(16)14(6-11-8-18-11)13(12)5-10-7-17-10/h3-4,9-11,16H,5-8H2,1-2H3. The van der Waals surface area contributed by atoms with Gasteiger partial charge >= 0.3 is 0 Å². The molecule has 2 fully saturated rings. The summed E-state index contributed by atoms with van der Waals surface area (Å²) >= 11 is 0. The molecule has 0 saturated carbocycles. The Morgan fingerprint density at radius 1 is 1.11 bits per heavy atom. The van der Waals surface area contributed by atoms with Crippen LogP contribution in [0.25, 0.3) is 0 Å². The van der Waals surface area contributed by atoms with Crippen molar-refractivity contribution in [2.75, 3.05) is 13.2 Å². The van der Waals surface area contributed by atoms with E-state index >= 15 is 0 Å². The van der Waals surface area contributed by atoms with Crippen LogP contribution >= 0.6 is 0 Å². The summed E-state index contributed by atoms with van der Waals surface area (Å²) in [4.78, 5) is 0. The van der Waals surface area contributed by atoms with Crippen molar-refractivity contribution >= 4 is 0 Å². The van der Waals surface area contributed by atoms with Gasteiger partial charge in [-0.2, -0.15) is 0 Å². The van der Waals surface area contributed by atoms with Gasteiger partial charge in [0.05, 0.1) is 25.4 Å². The Hall–Kier alpha value is -1.06. The lowest BCUT2D eigenvalue weighted by Gasteiger charge is -2.17. The maximum Gasteiger partial charge on any atom is 0.119 e. The van der Waals surface area contributed by atoms with Crippen molar-refractivity contribution in [1.82, 2.24) is 0 Å². The lowest BCUT2D eigenvalue weighted by Crippen LogP contribution is -2.08. The summed E-state index contributed by atoms with van der Waals surface area (Å²) in [6.45, 7) is 6.07. The fraction of sp³-hybridized carbons (Fsp3) is 0.600. The highest BCUT2D eigenvalue weighted by molar-refractivity contribution is 5.47. The lowest BCUT2D eigenvalue weighted by molar-refractivity contribution is 0.395. The number of ether oxygens (including phenoxy) is 2. The van der Waals surface area contributed by atoms with Crippen LogP contribution in [-0.2, 0) is 22.3 Å². The molecule has 2 heterocycles. The van der Waals surface area contributed by atoms with Crippen LogP contribution in [0.2, 0.25) is 0 Å². The van der Waals surface area contributed by atoms with Crippen molar-refractivity contribution in [2.45, 2.75) is 44.8 Å². The molecule has 0 amide bonds. The number of phenolic OH excluding ortho intramolecular Hbond substituents is 1. The highest BCUT2D eigenvalue weighted by Gasteiger charge is 2.30. The highest BCUT2D eigenvalue weighted by atomic mass is 16.6. The van der Waals surface area contributed by atoms with E-state index in [1.807, 2.05) is 6.07 Å². The van der Waals surface area contributed by atoms with Crippen LogP contribution < -0.4 is 0 Å². The monoisotopic (exact) mass is 248 g/mol. The van der Waals surface area contributed by atoms with Crippen LogP contribution in [0, 0.1) is 0 Å². The first-order valence-electron chi connectivity index (χ1n) is 6.72. The van der Waals surface area contributed by atoms with E-state index in [0.717, 1.165) is 31.6 Å². The molecule has 1 aromatic carbocycles. The van der Waals surface area contributed by atoms with E-state index in [1.54, 1.807) is 0 Å². The molecule has 18 heavy (non-hydrogen) atoms. The maximum absolute atomic E-state index is 10.1. The Labute approximate surface area is 108 Å². The van der Waals surface area contributed by atoms with Crippen LogP contribution in [0.15, 0.2) is 12.1 Å². The van der Waals surface area contributed by atoms with Crippen LogP contribution in [0.4, 0.5) is 0 Å². The van der Waals surface area contributed by atoms with Crippen LogP contribution in [0.1, 0.15) is 36.5 Å². The van der Waals surface area contributed by atoms with E-state index < -0.39 is 0 Å². The SMILES string of the molecule is CC(C)c1ccc(O)c(CC2CO2)c1CC1CO1. The van der Waals surface area contributed by atoms with Gasteiger partial charge in [0.2, 0.25) is 0 Å². The maximum atomic E-state index is 10.1. The van der Waals surface area contributed by atoms with Gasteiger partial charge in [-0.05, 0) is 23.1 Å². The minimum Gasteiger partial charge on any atom is -0.508 e. The number of hydrogen-bond acceptors (Lipinski definition) is 3. The molecule has 3 heteroatoms. The van der Waals surface area contributed by atoms with Gasteiger partial charge in [0.1, 0.15) is 5.75 Å². The molecule has 1 aromatic rings. The van der Waals surface area contributed by atoms with Crippen molar-refractivity contribution in [3.05, 3.63) is 28.8 Å². The third kappa shape index (κ3) is 2.52. The van der Waals surface area contributed by atoms with Gasteiger partial charge in [-0.1, -0.05) is 19.9 Å². The van der Waals surface area contributed by atoms with E-state index in [9.17, 15) is 5.11 Å². The van der Waals surface area contributed by atoms with Gasteiger partial charge in [-0.15, -0.1) is 0 Å². The molecule has 2 atom stereocenters. The quantitative estimate of drug-likeness (QED) is 0.814. The van der Waals surface area contributed by atoms with Crippen molar-refractivity contribution < 1.29 is 14.6 Å². The summed E-state index contributed by atoms with van der Waals surface area (Å²) in [7, 11) is 0. The summed E-state index contributed by atoms with van der Waals surface area (Å²) in [6.07, 6.45) is 2.40. The largest absolute Gasteiger partial charge is 0.508 e. The third-order valence-corrected chi connectivity index (χ3v) is 3.73. The molecule has 0 aliphatic carbocycles. The van der Waals surface area contributed by atoms with E-state index in [4.69, 9.17) is 9.47 Å². The summed E-state index contributed by atoms with van der Waals surface area (Å²) in [5.41, 5.74) is 3.68. The molecular weight excluding hydrogens is 228 g/mol. The molecule has 0 aromatic heterocycles. The molecular formula is C15H20O3. The molecule has 2 aliphatic rings. The molecule has 2 saturated heterocycles. The third-order valence-electron chi connectivity index (χ3n) is 3.73. The van der Waals surface area contributed by atoms with E-state index in [0.29, 0.717) is 23.9 Å². The zero-order valence-electron chi connectivity index (χ0n) is 11.0. The van der Waals surface area contributed by atoms with E-state index in [2.05, 4.69) is 19.9 Å². The number of benzene rings is 1. The molecule has 98 valence electrons. The molecule has 0 spiro atoms.